The van der Waals surface area contributed by atoms with E-state index in [1.54, 1.807) is 0 Å². The summed E-state index contributed by atoms with van der Waals surface area (Å²) in [6.45, 7) is 7.35. The quantitative estimate of drug-likeness (QED) is 0.665. The second-order valence-electron chi connectivity index (χ2n) is 6.07. The molecule has 2 rings (SSSR count). The van der Waals surface area contributed by atoms with Crippen LogP contribution >= 0.6 is 11.6 Å². The van der Waals surface area contributed by atoms with Crippen molar-refractivity contribution in [3.05, 3.63) is 0 Å². The normalized spacial score (nSPS) is 33.2. The number of carbonyl (C=O) groups is 1. The average Bonchev–Trinajstić information content (AvgIpc) is 2.62. The third-order valence-corrected chi connectivity index (χ3v) is 3.95. The molecule has 0 N–H and O–H groups in total. The molecule has 1 heterocycles. The molecule has 3 nitrogen and oxygen atoms in total. The molecule has 0 aromatic heterocycles. The van der Waals surface area contributed by atoms with E-state index < -0.39 is 5.60 Å². The van der Waals surface area contributed by atoms with Crippen LogP contribution in [0.5, 0.6) is 0 Å². The lowest BCUT2D eigenvalue weighted by Crippen LogP contribution is -2.35. The van der Waals surface area contributed by atoms with E-state index >= 15 is 0 Å². The van der Waals surface area contributed by atoms with Crippen molar-refractivity contribution in [3.63, 3.8) is 0 Å². The smallest absolute Gasteiger partial charge is 0.410 e. The molecule has 1 aliphatic heterocycles. The first-order valence-corrected chi connectivity index (χ1v) is 6.44. The van der Waals surface area contributed by atoms with Crippen molar-refractivity contribution in [1.29, 1.82) is 0 Å². The van der Waals surface area contributed by atoms with E-state index in [-0.39, 0.29) is 6.09 Å². The highest BCUT2D eigenvalue weighted by atomic mass is 35.5. The highest BCUT2D eigenvalue weighted by molar-refractivity contribution is 6.18. The summed E-state index contributed by atoms with van der Waals surface area (Å²) in [4.78, 5) is 13.7. The topological polar surface area (TPSA) is 29.5 Å². The molecule has 1 amide bonds. The first-order chi connectivity index (χ1) is 7.36. The van der Waals surface area contributed by atoms with Gasteiger partial charge in [0.15, 0.2) is 0 Å². The van der Waals surface area contributed by atoms with Crippen LogP contribution in [0.2, 0.25) is 0 Å². The van der Waals surface area contributed by atoms with Gasteiger partial charge in [-0.3, -0.25) is 0 Å². The van der Waals surface area contributed by atoms with Gasteiger partial charge in [-0.1, -0.05) is 0 Å². The summed E-state index contributed by atoms with van der Waals surface area (Å²) < 4.78 is 5.37. The summed E-state index contributed by atoms with van der Waals surface area (Å²) in [6, 6.07) is 0. The molecule has 1 saturated carbocycles. The fourth-order valence-electron chi connectivity index (χ4n) is 2.53. The lowest BCUT2D eigenvalue weighted by molar-refractivity contribution is 0.0284. The number of hydrogen-bond acceptors (Lipinski definition) is 2. The van der Waals surface area contributed by atoms with E-state index in [0.717, 1.165) is 25.4 Å². The number of nitrogens with zero attached hydrogens (tertiary/aromatic N) is 1. The summed E-state index contributed by atoms with van der Waals surface area (Å²) in [6.07, 6.45) is 2.09. The zero-order valence-electron chi connectivity index (χ0n) is 10.3. The van der Waals surface area contributed by atoms with Gasteiger partial charge in [0, 0.05) is 19.0 Å². The molecule has 4 heteroatoms. The fourth-order valence-corrected chi connectivity index (χ4v) is 2.96. The predicted molar refractivity (Wildman–Crippen MR) is 63.7 cm³/mol. The van der Waals surface area contributed by atoms with Crippen LogP contribution in [0.1, 0.15) is 33.6 Å². The SMILES string of the molecule is CC(C)(C)OC(=O)N1CCC2(CC2CCl)C1. The Morgan fingerprint density at radius 3 is 2.75 bits per heavy atom. The molecule has 0 aromatic rings. The van der Waals surface area contributed by atoms with E-state index in [1.807, 2.05) is 25.7 Å². The van der Waals surface area contributed by atoms with Gasteiger partial charge in [-0.25, -0.2) is 4.79 Å². The number of hydrogen-bond donors (Lipinski definition) is 0. The number of alkyl halides is 1. The fraction of sp³-hybridized carbons (Fsp3) is 0.917. The van der Waals surface area contributed by atoms with Gasteiger partial charge < -0.3 is 9.64 Å². The summed E-state index contributed by atoms with van der Waals surface area (Å²) in [5, 5.41) is 0. The highest BCUT2D eigenvalue weighted by Crippen LogP contribution is 2.58. The maximum absolute atomic E-state index is 11.8. The van der Waals surface area contributed by atoms with E-state index in [9.17, 15) is 4.79 Å². The molecule has 2 atom stereocenters. The van der Waals surface area contributed by atoms with Crippen molar-refractivity contribution in [2.24, 2.45) is 11.3 Å². The first kappa shape index (κ1) is 12.0. The van der Waals surface area contributed by atoms with Crippen molar-refractivity contribution >= 4 is 17.7 Å². The minimum Gasteiger partial charge on any atom is -0.444 e. The van der Waals surface area contributed by atoms with Crippen molar-refractivity contribution in [2.45, 2.75) is 39.2 Å². The second kappa shape index (κ2) is 3.80. The molecule has 0 bridgehead atoms. The molecule has 2 aliphatic rings. The summed E-state index contributed by atoms with van der Waals surface area (Å²) in [7, 11) is 0. The Morgan fingerprint density at radius 1 is 1.56 bits per heavy atom. The molecule has 2 fully saturated rings. The van der Waals surface area contributed by atoms with Crippen molar-refractivity contribution in [1.82, 2.24) is 4.90 Å². The van der Waals surface area contributed by atoms with Crippen molar-refractivity contribution in [3.8, 4) is 0 Å². The lowest BCUT2D eigenvalue weighted by Gasteiger charge is -2.24. The number of amides is 1. The molecule has 92 valence electrons. The molecule has 0 aromatic carbocycles. The van der Waals surface area contributed by atoms with Crippen LogP contribution in [0.25, 0.3) is 0 Å². The molecular formula is C12H20ClNO2. The van der Waals surface area contributed by atoms with Crippen molar-refractivity contribution in [2.75, 3.05) is 19.0 Å². The van der Waals surface area contributed by atoms with Crippen LogP contribution in [0.15, 0.2) is 0 Å². The van der Waals surface area contributed by atoms with Crippen molar-refractivity contribution < 1.29 is 9.53 Å². The highest BCUT2D eigenvalue weighted by Gasteiger charge is 2.57. The maximum Gasteiger partial charge on any atom is 0.410 e. The van der Waals surface area contributed by atoms with Gasteiger partial charge >= 0.3 is 6.09 Å². The molecule has 1 saturated heterocycles. The number of carbonyl (C=O) groups excluding carboxylic acids is 1. The Labute approximate surface area is 102 Å². The Balaban J connectivity index is 1.88. The second-order valence-corrected chi connectivity index (χ2v) is 6.38. The number of halogens is 1. The number of rotatable bonds is 1. The molecular weight excluding hydrogens is 226 g/mol. The summed E-state index contributed by atoms with van der Waals surface area (Å²) in [5.74, 6) is 1.34. The number of ether oxygens (including phenoxy) is 1. The van der Waals surface area contributed by atoms with Gasteiger partial charge in [-0.15, -0.1) is 11.6 Å². The van der Waals surface area contributed by atoms with Crippen LogP contribution in [0.4, 0.5) is 4.79 Å². The first-order valence-electron chi connectivity index (χ1n) is 5.90. The Kier molecular flexibility index (Phi) is 2.85. The van der Waals surface area contributed by atoms with Crippen LogP contribution in [0.3, 0.4) is 0 Å². The third-order valence-electron chi connectivity index (χ3n) is 3.58. The van der Waals surface area contributed by atoms with Gasteiger partial charge in [0.2, 0.25) is 0 Å². The van der Waals surface area contributed by atoms with E-state index in [2.05, 4.69) is 0 Å². The lowest BCUT2D eigenvalue weighted by atomic mass is 10.0. The monoisotopic (exact) mass is 245 g/mol. The largest absolute Gasteiger partial charge is 0.444 e. The van der Waals surface area contributed by atoms with Gasteiger partial charge in [-0.2, -0.15) is 0 Å². The Hall–Kier alpha value is -0.440. The molecule has 2 unspecified atom stereocenters. The Morgan fingerprint density at radius 2 is 2.25 bits per heavy atom. The maximum atomic E-state index is 11.8. The van der Waals surface area contributed by atoms with Crippen LogP contribution in [0, 0.1) is 11.3 Å². The van der Waals surface area contributed by atoms with Gasteiger partial charge in [0.1, 0.15) is 5.60 Å². The van der Waals surface area contributed by atoms with Gasteiger partial charge in [-0.05, 0) is 44.9 Å². The zero-order chi connectivity index (χ0) is 12.0. The van der Waals surface area contributed by atoms with E-state index in [0.29, 0.717) is 11.3 Å². The number of likely N-dealkylation sites (tertiary alicyclic amines) is 1. The summed E-state index contributed by atoms with van der Waals surface area (Å²) in [5.41, 5.74) is -0.0685. The predicted octanol–water partition coefficient (Wildman–Crippen LogP) is 2.87. The molecule has 1 spiro atoms. The Bertz CT molecular complexity index is 300. The van der Waals surface area contributed by atoms with E-state index in [1.165, 1.54) is 6.42 Å². The molecule has 0 radical (unpaired) electrons. The summed E-state index contributed by atoms with van der Waals surface area (Å²) >= 11 is 5.87. The zero-order valence-corrected chi connectivity index (χ0v) is 11.0. The van der Waals surface area contributed by atoms with Crippen LogP contribution in [-0.2, 0) is 4.74 Å². The average molecular weight is 246 g/mol. The third kappa shape index (κ3) is 2.29. The van der Waals surface area contributed by atoms with Gasteiger partial charge in [0.25, 0.3) is 0 Å². The molecule has 16 heavy (non-hydrogen) atoms. The minimum absolute atomic E-state index is 0.176. The minimum atomic E-state index is -0.401. The van der Waals surface area contributed by atoms with Crippen LogP contribution in [-0.4, -0.2) is 35.6 Å². The van der Waals surface area contributed by atoms with Gasteiger partial charge in [0.05, 0.1) is 0 Å². The van der Waals surface area contributed by atoms with Crippen LogP contribution < -0.4 is 0 Å². The van der Waals surface area contributed by atoms with E-state index in [4.69, 9.17) is 16.3 Å². The molecule has 1 aliphatic carbocycles. The standard InChI is InChI=1S/C12H20ClNO2/c1-11(2,3)16-10(15)14-5-4-12(8-14)6-9(12)7-13/h9H,4-8H2,1-3H3.